The number of amides is 2. The summed E-state index contributed by atoms with van der Waals surface area (Å²) in [7, 11) is -4.97. The molecule has 17 heteroatoms. The minimum atomic E-state index is -4.97. The molecule has 0 spiro atoms. The maximum Gasteiger partial charge on any atom is 0.346 e. The second kappa shape index (κ2) is 12.4. The molecule has 1 unspecified atom stereocenters. The molecule has 2 aromatic rings. The largest absolute Gasteiger partial charge is 0.481 e. The number of rotatable bonds is 12. The summed E-state index contributed by atoms with van der Waals surface area (Å²) in [5.41, 5.74) is -1.79. The van der Waals surface area contributed by atoms with Crippen LogP contribution in [0.2, 0.25) is 0 Å². The van der Waals surface area contributed by atoms with Crippen LogP contribution in [0.4, 0.5) is 16.2 Å². The van der Waals surface area contributed by atoms with Crippen LogP contribution < -0.4 is 9.50 Å². The minimum absolute atomic E-state index is 0.0263. The van der Waals surface area contributed by atoms with Crippen LogP contribution in [0.25, 0.3) is 0 Å². The van der Waals surface area contributed by atoms with Crippen LogP contribution >= 0.6 is 0 Å². The number of allylic oxidation sites excluding steroid dienone is 1. The number of nitrogens with zero attached hydrogens (tertiary/aromatic N) is 3. The Hall–Kier alpha value is -5.06. The predicted molar refractivity (Wildman–Crippen MR) is 138 cm³/mol. The number of hydrogen-bond acceptors (Lipinski definition) is 11. The van der Waals surface area contributed by atoms with Gasteiger partial charge in [0.25, 0.3) is 11.4 Å². The lowest BCUT2D eigenvalue weighted by Gasteiger charge is -2.35. The zero-order chi connectivity index (χ0) is 30.5. The zero-order valence-electron chi connectivity index (χ0n) is 21.6. The van der Waals surface area contributed by atoms with Crippen molar-refractivity contribution in [2.75, 3.05) is 13.2 Å². The van der Waals surface area contributed by atoms with Crippen molar-refractivity contribution in [1.82, 2.24) is 10.2 Å². The first-order valence-corrected chi connectivity index (χ1v) is 13.3. The Balaban J connectivity index is 2.09. The maximum atomic E-state index is 13.2. The van der Waals surface area contributed by atoms with Gasteiger partial charge in [-0.25, -0.2) is 9.59 Å². The first-order valence-electron chi connectivity index (χ1n) is 11.9. The summed E-state index contributed by atoms with van der Waals surface area (Å²) in [4.78, 5) is 57.7. The number of carbonyl (C=O) groups excluding carboxylic acids is 2. The van der Waals surface area contributed by atoms with E-state index in [1.54, 1.807) is 6.92 Å². The van der Waals surface area contributed by atoms with Gasteiger partial charge in [-0.3, -0.25) is 29.9 Å². The smallest absolute Gasteiger partial charge is 0.346 e. The molecule has 0 saturated heterocycles. The lowest BCUT2D eigenvalue weighted by molar-refractivity contribution is -0.396. The van der Waals surface area contributed by atoms with E-state index in [1.807, 2.05) is 0 Å². The minimum Gasteiger partial charge on any atom is -0.481 e. The highest BCUT2D eigenvalue weighted by atomic mass is 32.2. The summed E-state index contributed by atoms with van der Waals surface area (Å²) < 4.78 is 36.7. The van der Waals surface area contributed by atoms with E-state index < -0.39 is 66.0 Å². The van der Waals surface area contributed by atoms with Gasteiger partial charge in [0.15, 0.2) is 4.90 Å². The number of nitro groups is 2. The number of ether oxygens (including phenoxy) is 1. The van der Waals surface area contributed by atoms with Crippen LogP contribution in [0.15, 0.2) is 58.6 Å². The average Bonchev–Trinajstić information content (AvgIpc) is 2.89. The number of carboxylic acids is 1. The van der Waals surface area contributed by atoms with Crippen LogP contribution in [-0.2, 0) is 24.4 Å². The van der Waals surface area contributed by atoms with E-state index in [2.05, 4.69) is 5.32 Å². The number of esters is 1. The molecule has 1 heterocycles. The van der Waals surface area contributed by atoms with Crippen LogP contribution in [0.5, 0.6) is 5.75 Å². The number of carboxylic acid groups (broad SMARTS) is 1. The number of nitrogens with one attached hydrogen (secondary N) is 1. The van der Waals surface area contributed by atoms with Gasteiger partial charge in [-0.1, -0.05) is 18.2 Å². The van der Waals surface area contributed by atoms with Gasteiger partial charge in [0.05, 0.1) is 34.1 Å². The van der Waals surface area contributed by atoms with Crippen LogP contribution in [0.3, 0.4) is 0 Å². The van der Waals surface area contributed by atoms with Crippen LogP contribution in [0.1, 0.15) is 38.3 Å². The Bertz CT molecular complexity index is 1550. The Kier molecular flexibility index (Phi) is 9.23. The van der Waals surface area contributed by atoms with Gasteiger partial charge in [-0.2, -0.15) is 8.42 Å². The lowest BCUT2D eigenvalue weighted by atomic mass is 9.94. The molecule has 0 saturated carbocycles. The topological polar surface area (TPSA) is 226 Å². The van der Waals surface area contributed by atoms with E-state index in [0.717, 1.165) is 11.0 Å². The van der Waals surface area contributed by atoms with Crippen molar-refractivity contribution in [2.24, 2.45) is 0 Å². The summed E-state index contributed by atoms with van der Waals surface area (Å²) in [5.74, 6) is -2.32. The van der Waals surface area contributed by atoms with Gasteiger partial charge in [0.1, 0.15) is 5.75 Å². The first-order chi connectivity index (χ1) is 19.3. The summed E-state index contributed by atoms with van der Waals surface area (Å²) in [6, 6.07) is 5.28. The van der Waals surface area contributed by atoms with E-state index in [4.69, 9.17) is 14.0 Å². The Morgan fingerprint density at radius 3 is 2.41 bits per heavy atom. The summed E-state index contributed by atoms with van der Waals surface area (Å²) in [6.07, 6.45) is -0.161. The fourth-order valence-electron chi connectivity index (χ4n) is 4.08. The molecule has 0 bridgehead atoms. The molecular weight excluding hydrogens is 568 g/mol. The molecule has 0 radical (unpaired) electrons. The van der Waals surface area contributed by atoms with Crippen molar-refractivity contribution >= 4 is 39.5 Å². The normalized spacial score (nSPS) is 15.2. The molecular formula is C24H24N4O12S. The predicted octanol–water partition coefficient (Wildman–Crippen LogP) is 3.04. The molecule has 3 rings (SSSR count). The van der Waals surface area contributed by atoms with Crippen molar-refractivity contribution in [2.45, 2.75) is 37.6 Å². The molecule has 218 valence electrons. The molecule has 1 aliphatic rings. The third-order valence-corrected chi connectivity index (χ3v) is 7.20. The van der Waals surface area contributed by atoms with Gasteiger partial charge in [0.2, 0.25) is 0 Å². The highest BCUT2D eigenvalue weighted by Crippen LogP contribution is 2.38. The number of non-ortho nitro benzene ring substituents is 1. The van der Waals surface area contributed by atoms with Gasteiger partial charge in [-0.15, -0.1) is 0 Å². The highest BCUT2D eigenvalue weighted by molar-refractivity contribution is 7.87. The third-order valence-electron chi connectivity index (χ3n) is 5.91. The van der Waals surface area contributed by atoms with E-state index >= 15 is 0 Å². The molecule has 1 atom stereocenters. The van der Waals surface area contributed by atoms with Crippen molar-refractivity contribution in [3.05, 3.63) is 79.5 Å². The lowest BCUT2D eigenvalue weighted by Crippen LogP contribution is -2.48. The molecule has 0 aliphatic carbocycles. The van der Waals surface area contributed by atoms with Crippen molar-refractivity contribution in [1.29, 1.82) is 0 Å². The van der Waals surface area contributed by atoms with Crippen molar-refractivity contribution < 1.29 is 46.7 Å². The number of aliphatic carboxylic acids is 1. The zero-order valence-corrected chi connectivity index (χ0v) is 22.5. The quantitative estimate of drug-likeness (QED) is 0.157. The van der Waals surface area contributed by atoms with Gasteiger partial charge >= 0.3 is 28.1 Å². The third kappa shape index (κ3) is 6.75. The Labute approximate surface area is 232 Å². The van der Waals surface area contributed by atoms with Crippen LogP contribution in [0, 0.1) is 20.2 Å². The molecule has 16 nitrogen and oxygen atoms in total. The van der Waals surface area contributed by atoms with Gasteiger partial charge < -0.3 is 19.3 Å². The second-order valence-electron chi connectivity index (χ2n) is 8.49. The number of nitro benzene ring substituents is 2. The maximum absolute atomic E-state index is 13.2. The number of urea groups is 1. The molecule has 0 fully saturated rings. The average molecular weight is 593 g/mol. The fraction of sp³-hybridized carbons (Fsp3) is 0.292. The Morgan fingerprint density at radius 2 is 1.80 bits per heavy atom. The second-order valence-corrected chi connectivity index (χ2v) is 10.0. The summed E-state index contributed by atoms with van der Waals surface area (Å²) >= 11 is 0. The van der Waals surface area contributed by atoms with E-state index in [-0.39, 0.29) is 42.8 Å². The number of hydrogen-bond donors (Lipinski definition) is 2. The fourth-order valence-corrected chi connectivity index (χ4v) is 5.18. The van der Waals surface area contributed by atoms with Gasteiger partial charge in [0, 0.05) is 30.3 Å². The molecule has 0 aromatic heterocycles. The summed E-state index contributed by atoms with van der Waals surface area (Å²) in [5, 5.41) is 34.1. The standard InChI is InChI=1S/C24H24N4O12S/c1-3-39-23(31)21-14(2)26(12-6-9-20(29)30)24(32)25-22(21)16-7-4-5-8-18(16)40-41(37,38)19-11-10-15(27(33)34)13-17(19)28(35)36/h4-5,7-8,10-11,13,22H,3,6,9,12H2,1-2H3,(H,25,32)(H,29,30). The molecule has 2 amide bonds. The molecule has 1 aliphatic heterocycles. The number of carbonyl (C=O) groups is 3. The summed E-state index contributed by atoms with van der Waals surface area (Å²) in [6.45, 7) is 2.91. The van der Waals surface area contributed by atoms with Crippen LogP contribution in [-0.4, -0.2) is 59.4 Å². The van der Waals surface area contributed by atoms with Crippen molar-refractivity contribution in [3.8, 4) is 5.75 Å². The molecule has 41 heavy (non-hydrogen) atoms. The Morgan fingerprint density at radius 1 is 1.12 bits per heavy atom. The van der Waals surface area contributed by atoms with E-state index in [0.29, 0.717) is 12.1 Å². The van der Waals surface area contributed by atoms with Crippen molar-refractivity contribution in [3.63, 3.8) is 0 Å². The SMILES string of the molecule is CCOC(=O)C1=C(C)N(CCCC(=O)O)C(=O)NC1c1ccccc1OS(=O)(=O)c1ccc([N+](=O)[O-])cc1[N+](=O)[O-]. The van der Waals surface area contributed by atoms with E-state index in [1.165, 1.54) is 31.2 Å². The van der Waals surface area contributed by atoms with Gasteiger partial charge in [-0.05, 0) is 32.4 Å². The first kappa shape index (κ1) is 30.5. The number of benzene rings is 2. The molecule has 2 N–H and O–H groups in total. The molecule has 2 aromatic carbocycles. The van der Waals surface area contributed by atoms with E-state index in [9.17, 15) is 43.0 Å². The monoisotopic (exact) mass is 592 g/mol. The highest BCUT2D eigenvalue weighted by Gasteiger charge is 2.39. The number of para-hydroxylation sites is 1.